The minimum Gasteiger partial charge on any atom is -0.462 e. The fourth-order valence-electron chi connectivity index (χ4n) is 5.42. The summed E-state index contributed by atoms with van der Waals surface area (Å²) in [6, 6.07) is 6.30. The minimum atomic E-state index is -0.431. The standard InChI is InChI=1S/C22H22N2O5/c1-2-29-22(28)11-3-5-12(6-4-11)23-17(25)10-24-20(26)18-13-7-8-14(16-9-15(13)16)19(18)21(24)27/h3-8,13-16,18-19H,2,9-10H2,1H3,(H,23,25)/t13-,14-,15-,16-,18-,19+/m0/s1. The lowest BCUT2D eigenvalue weighted by Gasteiger charge is -2.37. The molecule has 5 aliphatic rings. The molecule has 7 nitrogen and oxygen atoms in total. The van der Waals surface area contributed by atoms with Crippen LogP contribution in [-0.2, 0) is 19.1 Å². The molecule has 0 radical (unpaired) electrons. The van der Waals surface area contributed by atoms with Gasteiger partial charge < -0.3 is 10.1 Å². The number of anilines is 1. The number of esters is 1. The molecule has 7 heteroatoms. The van der Waals surface area contributed by atoms with E-state index in [0.29, 0.717) is 23.1 Å². The van der Waals surface area contributed by atoms with Crippen LogP contribution in [0.25, 0.3) is 0 Å². The zero-order valence-corrected chi connectivity index (χ0v) is 16.0. The normalized spacial score (nSPS) is 33.3. The van der Waals surface area contributed by atoms with E-state index in [1.807, 2.05) is 0 Å². The molecule has 2 bridgehead atoms. The molecule has 6 rings (SSSR count). The van der Waals surface area contributed by atoms with Crippen LogP contribution < -0.4 is 5.32 Å². The Morgan fingerprint density at radius 3 is 2.17 bits per heavy atom. The monoisotopic (exact) mass is 394 g/mol. The molecule has 1 aromatic carbocycles. The van der Waals surface area contributed by atoms with E-state index in [1.165, 1.54) is 0 Å². The topological polar surface area (TPSA) is 92.8 Å². The summed E-state index contributed by atoms with van der Waals surface area (Å²) in [5.41, 5.74) is 0.878. The van der Waals surface area contributed by atoms with Gasteiger partial charge >= 0.3 is 5.97 Å². The van der Waals surface area contributed by atoms with Crippen LogP contribution >= 0.6 is 0 Å². The molecule has 1 aromatic rings. The number of hydrogen-bond acceptors (Lipinski definition) is 5. The maximum Gasteiger partial charge on any atom is 0.338 e. The lowest BCUT2D eigenvalue weighted by Crippen LogP contribution is -2.40. The number of amides is 3. The summed E-state index contributed by atoms with van der Waals surface area (Å²) in [7, 11) is 0. The Labute approximate surface area is 168 Å². The Morgan fingerprint density at radius 2 is 1.62 bits per heavy atom. The van der Waals surface area contributed by atoms with Gasteiger partial charge in [-0.3, -0.25) is 19.3 Å². The number of allylic oxidation sites excluding steroid dienone is 2. The van der Waals surface area contributed by atoms with Crippen molar-refractivity contribution in [1.29, 1.82) is 0 Å². The SMILES string of the molecule is CCOC(=O)c1ccc(NC(=O)CN2C(=O)[C@@H]3[C@H]4C=C[C@@H]([C@@H]5C[C@@H]45)[C@@H]3C2=O)cc1. The number of hydrogen-bond donors (Lipinski definition) is 1. The molecule has 6 atom stereocenters. The van der Waals surface area contributed by atoms with Crippen LogP contribution in [0.2, 0.25) is 0 Å². The van der Waals surface area contributed by atoms with E-state index in [1.54, 1.807) is 31.2 Å². The molecular weight excluding hydrogens is 372 g/mol. The van der Waals surface area contributed by atoms with Gasteiger partial charge in [-0.25, -0.2) is 4.79 Å². The van der Waals surface area contributed by atoms with E-state index >= 15 is 0 Å². The second-order valence-electron chi connectivity index (χ2n) is 8.26. The molecule has 150 valence electrons. The summed E-state index contributed by atoms with van der Waals surface area (Å²) < 4.78 is 4.93. The lowest BCUT2D eigenvalue weighted by atomic mass is 9.63. The Morgan fingerprint density at radius 1 is 1.03 bits per heavy atom. The summed E-state index contributed by atoms with van der Waals surface area (Å²) in [4.78, 5) is 51.1. The highest BCUT2D eigenvalue weighted by molar-refractivity contribution is 6.09. The summed E-state index contributed by atoms with van der Waals surface area (Å²) in [6.07, 6.45) is 5.33. The highest BCUT2D eigenvalue weighted by atomic mass is 16.5. The molecule has 29 heavy (non-hydrogen) atoms. The van der Waals surface area contributed by atoms with E-state index in [4.69, 9.17) is 4.74 Å². The van der Waals surface area contributed by atoms with E-state index in [2.05, 4.69) is 17.5 Å². The number of benzene rings is 1. The van der Waals surface area contributed by atoms with Gasteiger partial charge in [0, 0.05) is 5.69 Å². The number of nitrogens with zero attached hydrogens (tertiary/aromatic N) is 1. The van der Waals surface area contributed by atoms with Crippen LogP contribution in [-0.4, -0.2) is 41.7 Å². The zero-order valence-electron chi connectivity index (χ0n) is 16.0. The molecule has 1 heterocycles. The van der Waals surface area contributed by atoms with Gasteiger partial charge in [0.1, 0.15) is 6.54 Å². The largest absolute Gasteiger partial charge is 0.462 e. The minimum absolute atomic E-state index is 0.148. The van der Waals surface area contributed by atoms with Crippen molar-refractivity contribution in [2.24, 2.45) is 35.5 Å². The molecular formula is C22H22N2O5. The van der Waals surface area contributed by atoms with Crippen LogP contribution in [0, 0.1) is 35.5 Å². The van der Waals surface area contributed by atoms with Crippen molar-refractivity contribution in [3.8, 4) is 0 Å². The predicted molar refractivity (Wildman–Crippen MR) is 102 cm³/mol. The number of carbonyl (C=O) groups is 4. The maximum absolute atomic E-state index is 12.9. The third kappa shape index (κ3) is 2.79. The third-order valence-electron chi connectivity index (χ3n) is 6.74. The second-order valence-corrected chi connectivity index (χ2v) is 8.26. The Balaban J connectivity index is 1.24. The zero-order chi connectivity index (χ0) is 20.3. The van der Waals surface area contributed by atoms with Crippen molar-refractivity contribution in [2.45, 2.75) is 13.3 Å². The molecule has 1 N–H and O–H groups in total. The molecule has 0 unspecified atom stereocenters. The van der Waals surface area contributed by atoms with Crippen LogP contribution in [0.15, 0.2) is 36.4 Å². The number of rotatable bonds is 5. The van der Waals surface area contributed by atoms with E-state index in [0.717, 1.165) is 11.3 Å². The van der Waals surface area contributed by atoms with Crippen LogP contribution in [0.1, 0.15) is 23.7 Å². The highest BCUT2D eigenvalue weighted by Gasteiger charge is 2.67. The fraction of sp³-hybridized carbons (Fsp3) is 0.455. The maximum atomic E-state index is 12.9. The first-order valence-electron chi connectivity index (χ1n) is 10.1. The lowest BCUT2D eigenvalue weighted by molar-refractivity contribution is -0.142. The van der Waals surface area contributed by atoms with E-state index in [9.17, 15) is 19.2 Å². The van der Waals surface area contributed by atoms with Crippen molar-refractivity contribution in [1.82, 2.24) is 4.90 Å². The Kier molecular flexibility index (Phi) is 4.08. The Bertz CT molecular complexity index is 901. The van der Waals surface area contributed by atoms with Gasteiger partial charge in [-0.15, -0.1) is 0 Å². The van der Waals surface area contributed by atoms with Gasteiger partial charge in [-0.2, -0.15) is 0 Å². The predicted octanol–water partition coefficient (Wildman–Crippen LogP) is 1.85. The van der Waals surface area contributed by atoms with Gasteiger partial charge in [0.25, 0.3) is 0 Å². The number of ether oxygens (including phenoxy) is 1. The quantitative estimate of drug-likeness (QED) is 0.467. The summed E-state index contributed by atoms with van der Waals surface area (Å²) in [6.45, 7) is 1.74. The molecule has 1 aliphatic heterocycles. The van der Waals surface area contributed by atoms with Gasteiger partial charge in [-0.05, 0) is 61.3 Å². The number of likely N-dealkylation sites (tertiary alicyclic amines) is 1. The van der Waals surface area contributed by atoms with Crippen molar-refractivity contribution in [2.75, 3.05) is 18.5 Å². The molecule has 2 saturated carbocycles. The average Bonchev–Trinajstić information content (AvgIpc) is 3.50. The first-order valence-corrected chi connectivity index (χ1v) is 10.1. The van der Waals surface area contributed by atoms with Crippen LogP contribution in [0.5, 0.6) is 0 Å². The third-order valence-corrected chi connectivity index (χ3v) is 6.74. The van der Waals surface area contributed by atoms with Gasteiger partial charge in [0.05, 0.1) is 24.0 Å². The van der Waals surface area contributed by atoms with Crippen molar-refractivity contribution in [3.63, 3.8) is 0 Å². The highest BCUT2D eigenvalue weighted by Crippen LogP contribution is 2.65. The van der Waals surface area contributed by atoms with Gasteiger partial charge in [0.2, 0.25) is 17.7 Å². The molecule has 0 aromatic heterocycles. The average molecular weight is 394 g/mol. The molecule has 0 spiro atoms. The molecule has 4 aliphatic carbocycles. The number of imide groups is 1. The summed E-state index contributed by atoms with van der Waals surface area (Å²) in [5.74, 6) is -0.498. The van der Waals surface area contributed by atoms with Crippen molar-refractivity contribution in [3.05, 3.63) is 42.0 Å². The second kappa shape index (κ2) is 6.54. The molecule has 3 amide bonds. The van der Waals surface area contributed by atoms with E-state index in [-0.39, 0.29) is 48.6 Å². The number of nitrogens with one attached hydrogen (secondary N) is 1. The summed E-state index contributed by atoms with van der Waals surface area (Å²) in [5, 5.41) is 2.69. The molecule has 3 fully saturated rings. The first kappa shape index (κ1) is 18.1. The first-order chi connectivity index (χ1) is 14.0. The van der Waals surface area contributed by atoms with Crippen LogP contribution in [0.4, 0.5) is 5.69 Å². The number of carbonyl (C=O) groups excluding carboxylic acids is 4. The van der Waals surface area contributed by atoms with Gasteiger partial charge in [-0.1, -0.05) is 12.2 Å². The molecule has 1 saturated heterocycles. The van der Waals surface area contributed by atoms with Crippen molar-refractivity contribution >= 4 is 29.4 Å². The van der Waals surface area contributed by atoms with Gasteiger partial charge in [0.15, 0.2) is 0 Å². The Hall–Kier alpha value is -2.96. The van der Waals surface area contributed by atoms with Crippen LogP contribution in [0.3, 0.4) is 0 Å². The van der Waals surface area contributed by atoms with Crippen molar-refractivity contribution < 1.29 is 23.9 Å². The van der Waals surface area contributed by atoms with E-state index < -0.39 is 11.9 Å². The smallest absolute Gasteiger partial charge is 0.338 e. The fourth-order valence-corrected chi connectivity index (χ4v) is 5.42. The summed E-state index contributed by atoms with van der Waals surface area (Å²) >= 11 is 0.